The third-order valence-corrected chi connectivity index (χ3v) is 4.23. The maximum atomic E-state index is 12.0. The number of benzene rings is 2. The van der Waals surface area contributed by atoms with Crippen molar-refractivity contribution in [2.24, 2.45) is 5.92 Å². The summed E-state index contributed by atoms with van der Waals surface area (Å²) >= 11 is 0. The molecule has 6 heteroatoms. The van der Waals surface area contributed by atoms with Gasteiger partial charge in [0.1, 0.15) is 5.75 Å². The molecule has 0 atom stereocenters. The molecule has 136 valence electrons. The van der Waals surface area contributed by atoms with E-state index >= 15 is 0 Å². The van der Waals surface area contributed by atoms with Gasteiger partial charge in [-0.15, -0.1) is 0 Å². The average molecular weight is 353 g/mol. The minimum Gasteiger partial charge on any atom is -0.496 e. The predicted octanol–water partition coefficient (Wildman–Crippen LogP) is 3.04. The van der Waals surface area contributed by atoms with E-state index in [1.165, 1.54) is 0 Å². The largest absolute Gasteiger partial charge is 0.496 e. The summed E-state index contributed by atoms with van der Waals surface area (Å²) in [6.45, 7) is 0.762. The normalized spacial score (nSPS) is 13.0. The number of anilines is 1. The molecule has 6 nitrogen and oxygen atoms in total. The Bertz CT molecular complexity index is 787. The number of nitrogens with one attached hydrogen (secondary N) is 3. The second kappa shape index (κ2) is 8.38. The molecule has 2 aromatic rings. The Labute approximate surface area is 152 Å². The number of para-hydroxylation sites is 1. The molecule has 1 fully saturated rings. The predicted molar refractivity (Wildman–Crippen MR) is 99.9 cm³/mol. The van der Waals surface area contributed by atoms with Crippen LogP contribution in [0.2, 0.25) is 0 Å². The summed E-state index contributed by atoms with van der Waals surface area (Å²) in [6, 6.07) is 14.8. The van der Waals surface area contributed by atoms with E-state index in [-0.39, 0.29) is 17.9 Å². The summed E-state index contributed by atoms with van der Waals surface area (Å²) in [5.74, 6) is 0.981. The second-order valence-electron chi connectivity index (χ2n) is 6.31. The number of carbonyl (C=O) groups excluding carboxylic acids is 2. The Morgan fingerprint density at radius 2 is 1.81 bits per heavy atom. The van der Waals surface area contributed by atoms with Gasteiger partial charge in [-0.2, -0.15) is 0 Å². The van der Waals surface area contributed by atoms with Crippen molar-refractivity contribution >= 4 is 17.6 Å². The summed E-state index contributed by atoms with van der Waals surface area (Å²) in [6.07, 6.45) is 1.94. The molecule has 0 bridgehead atoms. The molecule has 1 aliphatic rings. The van der Waals surface area contributed by atoms with E-state index in [2.05, 4.69) is 16.0 Å². The van der Waals surface area contributed by atoms with Crippen LogP contribution in [-0.2, 0) is 17.9 Å². The lowest BCUT2D eigenvalue weighted by Gasteiger charge is -2.11. The van der Waals surface area contributed by atoms with Crippen LogP contribution >= 0.6 is 0 Å². The van der Waals surface area contributed by atoms with Gasteiger partial charge in [0.05, 0.1) is 7.11 Å². The molecule has 0 saturated heterocycles. The fourth-order valence-electron chi connectivity index (χ4n) is 2.62. The maximum Gasteiger partial charge on any atom is 0.315 e. The van der Waals surface area contributed by atoms with E-state index in [1.807, 2.05) is 48.5 Å². The van der Waals surface area contributed by atoms with Gasteiger partial charge >= 0.3 is 6.03 Å². The first kappa shape index (κ1) is 17.8. The van der Waals surface area contributed by atoms with Crippen molar-refractivity contribution < 1.29 is 14.3 Å². The first-order valence-electron chi connectivity index (χ1n) is 8.69. The van der Waals surface area contributed by atoms with Crippen molar-refractivity contribution in [2.45, 2.75) is 25.9 Å². The van der Waals surface area contributed by atoms with Gasteiger partial charge in [-0.1, -0.05) is 30.3 Å². The SMILES string of the molecule is COc1ccccc1CNC(=O)NCc1cccc(NC(=O)C2CC2)c1. The van der Waals surface area contributed by atoms with Crippen LogP contribution < -0.4 is 20.7 Å². The highest BCUT2D eigenvalue weighted by Gasteiger charge is 2.29. The number of ether oxygens (including phenoxy) is 1. The molecule has 0 spiro atoms. The molecule has 0 heterocycles. The molecule has 3 amide bonds. The van der Waals surface area contributed by atoms with Gasteiger partial charge in [-0.3, -0.25) is 4.79 Å². The highest BCUT2D eigenvalue weighted by molar-refractivity contribution is 5.94. The van der Waals surface area contributed by atoms with Gasteiger partial charge in [0.25, 0.3) is 0 Å². The minimum absolute atomic E-state index is 0.0738. The lowest BCUT2D eigenvalue weighted by molar-refractivity contribution is -0.117. The van der Waals surface area contributed by atoms with E-state index in [9.17, 15) is 9.59 Å². The molecular weight excluding hydrogens is 330 g/mol. The minimum atomic E-state index is -0.261. The Balaban J connectivity index is 1.47. The molecule has 3 N–H and O–H groups in total. The van der Waals surface area contributed by atoms with Gasteiger partial charge < -0.3 is 20.7 Å². The topological polar surface area (TPSA) is 79.5 Å². The van der Waals surface area contributed by atoms with E-state index in [0.29, 0.717) is 13.1 Å². The summed E-state index contributed by atoms with van der Waals surface area (Å²) in [5, 5.41) is 8.54. The average Bonchev–Trinajstić information content (AvgIpc) is 3.50. The van der Waals surface area contributed by atoms with Crippen LogP contribution in [0.25, 0.3) is 0 Å². The quantitative estimate of drug-likeness (QED) is 0.716. The third-order valence-electron chi connectivity index (χ3n) is 4.23. The number of hydrogen-bond donors (Lipinski definition) is 3. The lowest BCUT2D eigenvalue weighted by Crippen LogP contribution is -2.34. The molecule has 26 heavy (non-hydrogen) atoms. The molecule has 0 unspecified atom stereocenters. The smallest absolute Gasteiger partial charge is 0.315 e. The van der Waals surface area contributed by atoms with Gasteiger partial charge in [0.2, 0.25) is 5.91 Å². The first-order chi connectivity index (χ1) is 12.7. The van der Waals surface area contributed by atoms with Gasteiger partial charge in [-0.25, -0.2) is 4.79 Å². The van der Waals surface area contributed by atoms with Crippen molar-refractivity contribution in [3.8, 4) is 5.75 Å². The van der Waals surface area contributed by atoms with Gasteiger partial charge in [-0.05, 0) is 36.6 Å². The zero-order valence-electron chi connectivity index (χ0n) is 14.7. The number of hydrogen-bond acceptors (Lipinski definition) is 3. The molecule has 0 aromatic heterocycles. The number of amides is 3. The van der Waals surface area contributed by atoms with Gasteiger partial charge in [0.15, 0.2) is 0 Å². The number of rotatable bonds is 7. The van der Waals surface area contributed by atoms with E-state index in [1.54, 1.807) is 7.11 Å². The summed E-state index contributed by atoms with van der Waals surface area (Å²) in [7, 11) is 1.61. The molecular formula is C20H23N3O3. The Morgan fingerprint density at radius 1 is 1.04 bits per heavy atom. The summed E-state index contributed by atoms with van der Waals surface area (Å²) < 4.78 is 5.27. The van der Waals surface area contributed by atoms with Crippen LogP contribution in [0.4, 0.5) is 10.5 Å². The molecule has 0 radical (unpaired) electrons. The van der Waals surface area contributed by atoms with Crippen LogP contribution in [0, 0.1) is 5.92 Å². The van der Waals surface area contributed by atoms with Crippen molar-refractivity contribution in [1.29, 1.82) is 0 Å². The third kappa shape index (κ3) is 4.99. The van der Waals surface area contributed by atoms with Crippen LogP contribution in [-0.4, -0.2) is 19.0 Å². The van der Waals surface area contributed by atoms with Crippen molar-refractivity contribution in [3.05, 3.63) is 59.7 Å². The van der Waals surface area contributed by atoms with E-state index in [4.69, 9.17) is 4.74 Å². The van der Waals surface area contributed by atoms with Crippen LogP contribution in [0.5, 0.6) is 5.75 Å². The van der Waals surface area contributed by atoms with Gasteiger partial charge in [0, 0.05) is 30.3 Å². The fourth-order valence-corrected chi connectivity index (χ4v) is 2.62. The monoisotopic (exact) mass is 353 g/mol. The second-order valence-corrected chi connectivity index (χ2v) is 6.31. The first-order valence-corrected chi connectivity index (χ1v) is 8.69. The Kier molecular flexibility index (Phi) is 5.73. The number of carbonyl (C=O) groups is 2. The summed E-state index contributed by atoms with van der Waals surface area (Å²) in [4.78, 5) is 23.8. The van der Waals surface area contributed by atoms with Crippen molar-refractivity contribution in [2.75, 3.05) is 12.4 Å². The lowest BCUT2D eigenvalue weighted by atomic mass is 10.2. The molecule has 3 rings (SSSR count). The zero-order valence-corrected chi connectivity index (χ0v) is 14.7. The number of urea groups is 1. The molecule has 2 aromatic carbocycles. The van der Waals surface area contributed by atoms with E-state index in [0.717, 1.165) is 35.4 Å². The standard InChI is InChI=1S/C20H23N3O3/c1-26-18-8-3-2-6-16(18)13-22-20(25)21-12-14-5-4-7-17(11-14)23-19(24)15-9-10-15/h2-8,11,15H,9-10,12-13H2,1H3,(H,23,24)(H2,21,22,25). The maximum absolute atomic E-state index is 12.0. The number of methoxy groups -OCH3 is 1. The summed E-state index contributed by atoms with van der Waals surface area (Å²) in [5.41, 5.74) is 2.59. The van der Waals surface area contributed by atoms with E-state index < -0.39 is 0 Å². The molecule has 0 aliphatic heterocycles. The van der Waals surface area contributed by atoms with Crippen LogP contribution in [0.15, 0.2) is 48.5 Å². The molecule has 1 saturated carbocycles. The Hall–Kier alpha value is -3.02. The van der Waals surface area contributed by atoms with Crippen LogP contribution in [0.1, 0.15) is 24.0 Å². The molecule has 1 aliphatic carbocycles. The van der Waals surface area contributed by atoms with Crippen LogP contribution in [0.3, 0.4) is 0 Å². The van der Waals surface area contributed by atoms with Crippen molar-refractivity contribution in [1.82, 2.24) is 10.6 Å². The van der Waals surface area contributed by atoms with Crippen molar-refractivity contribution in [3.63, 3.8) is 0 Å². The fraction of sp³-hybridized carbons (Fsp3) is 0.300. The highest BCUT2D eigenvalue weighted by Crippen LogP contribution is 2.30. The highest BCUT2D eigenvalue weighted by atomic mass is 16.5. The zero-order chi connectivity index (χ0) is 18.4. The Morgan fingerprint density at radius 3 is 2.58 bits per heavy atom.